The van der Waals surface area contributed by atoms with Crippen LogP contribution >= 0.6 is 0 Å². The number of rotatable bonds is 10. The number of methoxy groups -OCH3 is 1. The third kappa shape index (κ3) is 5.83. The number of hydrogen-bond donors (Lipinski definition) is 1. The van der Waals surface area contributed by atoms with E-state index in [1.165, 1.54) is 27.5 Å². The van der Waals surface area contributed by atoms with Crippen LogP contribution in [-0.2, 0) is 0 Å². The molecule has 1 aliphatic rings. The minimum Gasteiger partial charge on any atom is -0.495 e. The molecule has 0 saturated carbocycles. The van der Waals surface area contributed by atoms with Crippen molar-refractivity contribution in [1.29, 1.82) is 0 Å². The van der Waals surface area contributed by atoms with Crippen molar-refractivity contribution in [3.05, 3.63) is 108 Å². The summed E-state index contributed by atoms with van der Waals surface area (Å²) in [6, 6.07) is 10.8. The molecule has 1 aliphatic heterocycles. The maximum Gasteiger partial charge on any atom is 0.328 e. The summed E-state index contributed by atoms with van der Waals surface area (Å²) in [6.07, 6.45) is 5.31. The first kappa shape index (κ1) is 28.7. The number of benzene rings is 2. The van der Waals surface area contributed by atoms with Crippen LogP contribution in [0.5, 0.6) is 5.75 Å². The number of anilines is 1. The maximum atomic E-state index is 13.5. The van der Waals surface area contributed by atoms with Gasteiger partial charge in [-0.15, -0.1) is 0 Å². The lowest BCUT2D eigenvalue weighted by Crippen LogP contribution is -2.44. The minimum atomic E-state index is -1.07. The van der Waals surface area contributed by atoms with Crippen LogP contribution in [0.4, 0.5) is 14.9 Å². The van der Waals surface area contributed by atoms with Crippen molar-refractivity contribution in [2.24, 2.45) is 5.92 Å². The second-order valence-corrected chi connectivity index (χ2v) is 9.63. The number of allylic oxidation sites excluding steroid dienone is 1. The van der Waals surface area contributed by atoms with E-state index in [4.69, 9.17) is 4.74 Å². The molecule has 7 heteroatoms. The van der Waals surface area contributed by atoms with Gasteiger partial charge < -0.3 is 19.6 Å². The van der Waals surface area contributed by atoms with Gasteiger partial charge in [-0.2, -0.15) is 0 Å². The van der Waals surface area contributed by atoms with Crippen LogP contribution in [0.25, 0.3) is 0 Å². The number of halogens is 1. The molecular formula is C31H38FN3O3. The Bertz CT molecular complexity index is 1250. The second kappa shape index (κ2) is 12.1. The first-order chi connectivity index (χ1) is 18.0. The summed E-state index contributed by atoms with van der Waals surface area (Å²) in [5.41, 5.74) is 4.19. The number of ether oxygens (including phenoxy) is 1. The molecule has 38 heavy (non-hydrogen) atoms. The molecule has 0 fully saturated rings. The Morgan fingerprint density at radius 1 is 1.18 bits per heavy atom. The van der Waals surface area contributed by atoms with E-state index in [0.29, 0.717) is 28.5 Å². The van der Waals surface area contributed by atoms with Crippen LogP contribution in [0.3, 0.4) is 0 Å². The van der Waals surface area contributed by atoms with Gasteiger partial charge in [0.1, 0.15) is 17.7 Å². The largest absolute Gasteiger partial charge is 0.495 e. The van der Waals surface area contributed by atoms with Gasteiger partial charge in [-0.1, -0.05) is 50.8 Å². The quantitative estimate of drug-likeness (QED) is 0.358. The molecule has 0 aliphatic carbocycles. The number of aliphatic hydroxyl groups excluding tert-OH is 1. The van der Waals surface area contributed by atoms with Crippen LogP contribution in [0.15, 0.2) is 91.1 Å². The van der Waals surface area contributed by atoms with Gasteiger partial charge in [0.15, 0.2) is 0 Å². The summed E-state index contributed by atoms with van der Waals surface area (Å²) < 4.78 is 19.2. The maximum absolute atomic E-state index is 13.5. The Morgan fingerprint density at radius 2 is 1.82 bits per heavy atom. The fourth-order valence-electron chi connectivity index (χ4n) is 4.43. The van der Waals surface area contributed by atoms with E-state index in [0.717, 1.165) is 17.7 Å². The Balaban J connectivity index is 1.95. The van der Waals surface area contributed by atoms with E-state index in [1.807, 2.05) is 30.2 Å². The molecule has 6 nitrogen and oxygen atoms in total. The summed E-state index contributed by atoms with van der Waals surface area (Å²) in [7, 11) is 3.21. The van der Waals surface area contributed by atoms with Crippen molar-refractivity contribution >= 4 is 11.7 Å². The zero-order chi connectivity index (χ0) is 28.1. The highest BCUT2D eigenvalue weighted by molar-refractivity contribution is 5.81. The van der Waals surface area contributed by atoms with Crippen molar-refractivity contribution in [3.63, 3.8) is 0 Å². The molecule has 2 aromatic carbocycles. The number of carbonyl (C=O) groups excluding carboxylic acids is 1. The van der Waals surface area contributed by atoms with Crippen LogP contribution in [0.2, 0.25) is 0 Å². The predicted molar refractivity (Wildman–Crippen MR) is 151 cm³/mol. The summed E-state index contributed by atoms with van der Waals surface area (Å²) in [5.74, 6) is 0.641. The van der Waals surface area contributed by atoms with E-state index in [1.54, 1.807) is 44.8 Å². The van der Waals surface area contributed by atoms with Crippen molar-refractivity contribution in [3.8, 4) is 5.75 Å². The van der Waals surface area contributed by atoms with Crippen LogP contribution < -0.4 is 9.64 Å². The summed E-state index contributed by atoms with van der Waals surface area (Å²) in [6.45, 7) is 16.4. The molecule has 2 amide bonds. The topological polar surface area (TPSA) is 56.2 Å². The normalized spacial score (nSPS) is 16.6. The van der Waals surface area contributed by atoms with E-state index >= 15 is 0 Å². The van der Waals surface area contributed by atoms with Gasteiger partial charge in [0.25, 0.3) is 0 Å². The van der Waals surface area contributed by atoms with Gasteiger partial charge in [0, 0.05) is 36.9 Å². The number of hydrogen-bond acceptors (Lipinski definition) is 4. The van der Waals surface area contributed by atoms with Crippen molar-refractivity contribution in [1.82, 2.24) is 9.80 Å². The molecule has 3 atom stereocenters. The lowest BCUT2D eigenvalue weighted by molar-refractivity contribution is 0.158. The highest BCUT2D eigenvalue weighted by Gasteiger charge is 2.35. The number of aliphatic hydroxyl groups is 1. The molecule has 0 bridgehead atoms. The third-order valence-electron chi connectivity index (χ3n) is 7.23. The smallest absolute Gasteiger partial charge is 0.328 e. The summed E-state index contributed by atoms with van der Waals surface area (Å²) in [5, 5.41) is 11.4. The third-order valence-corrected chi connectivity index (χ3v) is 7.23. The average molecular weight is 520 g/mol. The van der Waals surface area contributed by atoms with Gasteiger partial charge >= 0.3 is 6.03 Å². The lowest BCUT2D eigenvalue weighted by atomic mass is 9.95. The fourth-order valence-corrected chi connectivity index (χ4v) is 4.43. The van der Waals surface area contributed by atoms with Crippen molar-refractivity contribution in [2.75, 3.05) is 19.1 Å². The Labute approximate surface area is 225 Å². The second-order valence-electron chi connectivity index (χ2n) is 9.63. The number of nitrogens with zero attached hydrogens (tertiary/aromatic N) is 3. The zero-order valence-corrected chi connectivity index (χ0v) is 23.1. The lowest BCUT2D eigenvalue weighted by Gasteiger charge is -2.39. The fraction of sp³-hybridized carbons (Fsp3) is 0.323. The van der Waals surface area contributed by atoms with Gasteiger partial charge in [-0.25, -0.2) is 9.18 Å². The number of amides is 2. The minimum absolute atomic E-state index is 0.291. The Hall–Kier alpha value is -3.84. The number of carbonyl (C=O) groups is 1. The van der Waals surface area contributed by atoms with Crippen LogP contribution in [0, 0.1) is 11.7 Å². The van der Waals surface area contributed by atoms with Gasteiger partial charge in [-0.3, -0.25) is 4.90 Å². The standard InChI is InChI=1S/C31H38FN3O3/c1-9-20(3)21(4)18-34(10-2)28-16-13-25(17-29(28)38-8)30(36)27-19-33(7)31(37)35(23(27)6)22(5)24-11-14-26(32)15-12-24/h10-20,22,30,36H,2,6,9H2,1,3-5,7-8H3/b21-18-. The van der Waals surface area contributed by atoms with Gasteiger partial charge in [0.05, 0.1) is 18.8 Å². The molecule has 2 aromatic rings. The van der Waals surface area contributed by atoms with Crippen molar-refractivity contribution in [2.45, 2.75) is 46.3 Å². The van der Waals surface area contributed by atoms with Crippen molar-refractivity contribution < 1.29 is 19.0 Å². The molecule has 3 rings (SSSR count). The molecule has 0 saturated heterocycles. The average Bonchev–Trinajstić information content (AvgIpc) is 2.92. The summed E-state index contributed by atoms with van der Waals surface area (Å²) >= 11 is 0. The predicted octanol–water partition coefficient (Wildman–Crippen LogP) is 7.29. The SMILES string of the molecule is C=CN(/C=C(/C)C(C)CC)c1ccc(C(O)C2=CN(C)C(=O)N(C(C)c3ccc(F)cc3)C2=C)cc1OC. The summed E-state index contributed by atoms with van der Waals surface area (Å²) in [4.78, 5) is 17.9. The molecule has 0 aromatic heterocycles. The van der Waals surface area contributed by atoms with E-state index in [2.05, 4.69) is 33.9 Å². The number of urea groups is 1. The van der Waals surface area contributed by atoms with Crippen LogP contribution in [-0.4, -0.2) is 35.1 Å². The molecule has 1 heterocycles. The van der Waals surface area contributed by atoms with E-state index in [-0.39, 0.29) is 11.8 Å². The highest BCUT2D eigenvalue weighted by Crippen LogP contribution is 2.40. The Kier molecular flexibility index (Phi) is 9.17. The van der Waals surface area contributed by atoms with Crippen LogP contribution in [0.1, 0.15) is 57.4 Å². The van der Waals surface area contributed by atoms with E-state index in [9.17, 15) is 14.3 Å². The molecule has 0 spiro atoms. The van der Waals surface area contributed by atoms with Gasteiger partial charge in [0.2, 0.25) is 0 Å². The first-order valence-corrected chi connectivity index (χ1v) is 12.7. The first-order valence-electron chi connectivity index (χ1n) is 12.7. The molecular weight excluding hydrogens is 481 g/mol. The van der Waals surface area contributed by atoms with E-state index < -0.39 is 12.1 Å². The molecule has 1 N–H and O–H groups in total. The molecule has 3 unspecified atom stereocenters. The molecule has 202 valence electrons. The Morgan fingerprint density at radius 3 is 2.39 bits per heavy atom. The zero-order valence-electron chi connectivity index (χ0n) is 23.1. The monoisotopic (exact) mass is 519 g/mol. The van der Waals surface area contributed by atoms with Gasteiger partial charge in [-0.05, 0) is 61.6 Å². The molecule has 0 radical (unpaired) electrons. The highest BCUT2D eigenvalue weighted by atomic mass is 19.1.